The number of primary sulfonamides is 1. The number of hydrogen-bond acceptors (Lipinski definition) is 3. The average Bonchev–Trinajstić information content (AvgIpc) is 2.41. The zero-order valence-electron chi connectivity index (χ0n) is 12.6. The van der Waals surface area contributed by atoms with Crippen molar-refractivity contribution < 1.29 is 13.2 Å². The van der Waals surface area contributed by atoms with Crippen LogP contribution in [0.3, 0.4) is 0 Å². The summed E-state index contributed by atoms with van der Waals surface area (Å²) in [6.07, 6.45) is 3.08. The standard InChI is InChI=1S/C15H24N2O3S/c1-12(2)5-10-15(18)17-11-3-4-13-6-8-14(9-7-13)21(16,19)20/h6-9,12H,3-5,10-11H2,1-2H3,(H,17,18)(H2,16,19,20). The molecule has 0 aliphatic carbocycles. The molecule has 0 saturated heterocycles. The number of sulfonamides is 1. The molecule has 0 saturated carbocycles. The monoisotopic (exact) mass is 312 g/mol. The van der Waals surface area contributed by atoms with E-state index in [0.29, 0.717) is 18.9 Å². The second-order valence-electron chi connectivity index (χ2n) is 5.57. The number of nitrogens with two attached hydrogens (primary N) is 1. The number of nitrogens with one attached hydrogen (secondary N) is 1. The van der Waals surface area contributed by atoms with E-state index >= 15 is 0 Å². The summed E-state index contributed by atoms with van der Waals surface area (Å²) in [6.45, 7) is 4.82. The third-order valence-electron chi connectivity index (χ3n) is 3.17. The molecule has 0 bridgehead atoms. The summed E-state index contributed by atoms with van der Waals surface area (Å²) in [6, 6.07) is 6.51. The van der Waals surface area contributed by atoms with Crippen molar-refractivity contribution in [2.75, 3.05) is 6.54 Å². The van der Waals surface area contributed by atoms with Crippen molar-refractivity contribution in [3.05, 3.63) is 29.8 Å². The quantitative estimate of drug-likeness (QED) is 0.718. The predicted octanol–water partition coefficient (Wildman–Crippen LogP) is 1.82. The normalized spacial score (nSPS) is 11.6. The van der Waals surface area contributed by atoms with Gasteiger partial charge in [-0.3, -0.25) is 4.79 Å². The molecule has 0 radical (unpaired) electrons. The van der Waals surface area contributed by atoms with Crippen molar-refractivity contribution in [3.63, 3.8) is 0 Å². The maximum atomic E-state index is 11.5. The number of carbonyl (C=O) groups excluding carboxylic acids is 1. The molecule has 0 heterocycles. The minimum Gasteiger partial charge on any atom is -0.356 e. The van der Waals surface area contributed by atoms with Crippen LogP contribution in [-0.2, 0) is 21.2 Å². The Bertz CT molecular complexity index is 551. The molecule has 0 aliphatic rings. The molecule has 1 amide bonds. The molecular weight excluding hydrogens is 288 g/mol. The van der Waals surface area contributed by atoms with Crippen molar-refractivity contribution in [3.8, 4) is 0 Å². The maximum Gasteiger partial charge on any atom is 0.238 e. The SMILES string of the molecule is CC(C)CCC(=O)NCCCc1ccc(S(N)(=O)=O)cc1. The Morgan fingerprint density at radius 2 is 1.86 bits per heavy atom. The van der Waals surface area contributed by atoms with Gasteiger partial charge < -0.3 is 5.32 Å². The van der Waals surface area contributed by atoms with Crippen molar-refractivity contribution >= 4 is 15.9 Å². The lowest BCUT2D eigenvalue weighted by atomic mass is 10.1. The summed E-state index contributed by atoms with van der Waals surface area (Å²) in [5, 5.41) is 7.93. The van der Waals surface area contributed by atoms with Gasteiger partial charge in [0.25, 0.3) is 0 Å². The van der Waals surface area contributed by atoms with Gasteiger partial charge in [0.15, 0.2) is 0 Å². The summed E-state index contributed by atoms with van der Waals surface area (Å²) < 4.78 is 22.2. The first-order valence-corrected chi connectivity index (χ1v) is 8.72. The molecule has 3 N–H and O–H groups in total. The van der Waals surface area contributed by atoms with Crippen LogP contribution in [0, 0.1) is 5.92 Å². The van der Waals surface area contributed by atoms with E-state index in [0.717, 1.165) is 24.8 Å². The fourth-order valence-corrected chi connectivity index (χ4v) is 2.39. The minimum atomic E-state index is -3.63. The minimum absolute atomic E-state index is 0.0910. The molecule has 0 aromatic heterocycles. The fourth-order valence-electron chi connectivity index (χ4n) is 1.87. The lowest BCUT2D eigenvalue weighted by Crippen LogP contribution is -2.24. The van der Waals surface area contributed by atoms with Crippen LogP contribution < -0.4 is 10.5 Å². The maximum absolute atomic E-state index is 11.5. The largest absolute Gasteiger partial charge is 0.356 e. The second-order valence-corrected chi connectivity index (χ2v) is 7.14. The fraction of sp³-hybridized carbons (Fsp3) is 0.533. The van der Waals surface area contributed by atoms with E-state index in [-0.39, 0.29) is 10.8 Å². The first-order valence-electron chi connectivity index (χ1n) is 7.17. The van der Waals surface area contributed by atoms with E-state index in [9.17, 15) is 13.2 Å². The molecule has 21 heavy (non-hydrogen) atoms. The van der Waals surface area contributed by atoms with Gasteiger partial charge in [-0.2, -0.15) is 0 Å². The van der Waals surface area contributed by atoms with Crippen LogP contribution in [0.15, 0.2) is 29.2 Å². The van der Waals surface area contributed by atoms with Crippen LogP contribution in [0.25, 0.3) is 0 Å². The molecule has 6 heteroatoms. The van der Waals surface area contributed by atoms with E-state index in [2.05, 4.69) is 19.2 Å². The Morgan fingerprint density at radius 3 is 2.38 bits per heavy atom. The van der Waals surface area contributed by atoms with Gasteiger partial charge >= 0.3 is 0 Å². The molecule has 5 nitrogen and oxygen atoms in total. The Labute approximate surface area is 127 Å². The zero-order chi connectivity index (χ0) is 15.9. The summed E-state index contributed by atoms with van der Waals surface area (Å²) in [4.78, 5) is 11.6. The number of amides is 1. The van der Waals surface area contributed by atoms with Gasteiger partial charge in [0.05, 0.1) is 4.90 Å². The lowest BCUT2D eigenvalue weighted by molar-refractivity contribution is -0.121. The molecule has 0 aliphatic heterocycles. The van der Waals surface area contributed by atoms with Crippen LogP contribution in [0.1, 0.15) is 38.7 Å². The van der Waals surface area contributed by atoms with Gasteiger partial charge in [-0.25, -0.2) is 13.6 Å². The lowest BCUT2D eigenvalue weighted by Gasteiger charge is -2.07. The van der Waals surface area contributed by atoms with Crippen LogP contribution in [-0.4, -0.2) is 20.9 Å². The molecule has 1 aromatic carbocycles. The topological polar surface area (TPSA) is 89.3 Å². The average molecular weight is 312 g/mol. The molecule has 118 valence electrons. The van der Waals surface area contributed by atoms with Crippen LogP contribution in [0.2, 0.25) is 0 Å². The van der Waals surface area contributed by atoms with Crippen molar-refractivity contribution in [1.82, 2.24) is 5.32 Å². The van der Waals surface area contributed by atoms with E-state index in [1.807, 2.05) is 0 Å². The van der Waals surface area contributed by atoms with Gasteiger partial charge in [0.1, 0.15) is 0 Å². The van der Waals surface area contributed by atoms with Gasteiger partial charge in [-0.05, 0) is 42.9 Å². The predicted molar refractivity (Wildman–Crippen MR) is 83.2 cm³/mol. The highest BCUT2D eigenvalue weighted by Gasteiger charge is 2.06. The summed E-state index contributed by atoms with van der Waals surface area (Å²) in [7, 11) is -3.63. The second kappa shape index (κ2) is 8.14. The summed E-state index contributed by atoms with van der Waals surface area (Å²) in [5.41, 5.74) is 1.03. The Hall–Kier alpha value is -1.40. The van der Waals surface area contributed by atoms with Gasteiger partial charge in [-0.15, -0.1) is 0 Å². The highest BCUT2D eigenvalue weighted by molar-refractivity contribution is 7.89. The van der Waals surface area contributed by atoms with Gasteiger partial charge in [-0.1, -0.05) is 26.0 Å². The van der Waals surface area contributed by atoms with Gasteiger partial charge in [0, 0.05) is 13.0 Å². The Morgan fingerprint density at radius 1 is 1.24 bits per heavy atom. The summed E-state index contributed by atoms with van der Waals surface area (Å²) >= 11 is 0. The molecule has 1 rings (SSSR count). The number of carbonyl (C=O) groups is 1. The van der Waals surface area contributed by atoms with Crippen LogP contribution in [0.4, 0.5) is 0 Å². The third kappa shape index (κ3) is 7.24. The van der Waals surface area contributed by atoms with Gasteiger partial charge in [0.2, 0.25) is 15.9 Å². The van der Waals surface area contributed by atoms with Crippen LogP contribution in [0.5, 0.6) is 0 Å². The highest BCUT2D eigenvalue weighted by Crippen LogP contribution is 2.10. The molecule has 0 unspecified atom stereocenters. The number of rotatable bonds is 8. The first kappa shape index (κ1) is 17.7. The third-order valence-corrected chi connectivity index (χ3v) is 4.09. The van der Waals surface area contributed by atoms with E-state index in [1.54, 1.807) is 12.1 Å². The number of hydrogen-bond donors (Lipinski definition) is 2. The zero-order valence-corrected chi connectivity index (χ0v) is 13.4. The smallest absolute Gasteiger partial charge is 0.238 e. The highest BCUT2D eigenvalue weighted by atomic mass is 32.2. The molecule has 0 fully saturated rings. The molecule has 0 atom stereocenters. The molecular formula is C15H24N2O3S. The number of aryl methyl sites for hydroxylation is 1. The Kier molecular flexibility index (Phi) is 6.84. The van der Waals surface area contributed by atoms with Crippen LogP contribution >= 0.6 is 0 Å². The van der Waals surface area contributed by atoms with E-state index in [1.165, 1.54) is 12.1 Å². The number of benzene rings is 1. The molecule has 0 spiro atoms. The van der Waals surface area contributed by atoms with Crippen molar-refractivity contribution in [2.24, 2.45) is 11.1 Å². The van der Waals surface area contributed by atoms with E-state index < -0.39 is 10.0 Å². The van der Waals surface area contributed by atoms with E-state index in [4.69, 9.17) is 5.14 Å². The molecule has 1 aromatic rings. The summed E-state index contributed by atoms with van der Waals surface area (Å²) in [5.74, 6) is 0.626. The Balaban J connectivity index is 2.29. The first-order chi connectivity index (χ1) is 9.79. The van der Waals surface area contributed by atoms with Crippen molar-refractivity contribution in [1.29, 1.82) is 0 Å². The van der Waals surface area contributed by atoms with Crippen molar-refractivity contribution in [2.45, 2.75) is 44.4 Å².